The molecule has 1 aliphatic heterocycles. The van der Waals surface area contributed by atoms with Gasteiger partial charge in [-0.05, 0) is 63.3 Å². The third-order valence-electron chi connectivity index (χ3n) is 6.35. The summed E-state index contributed by atoms with van der Waals surface area (Å²) in [5, 5.41) is 3.17. The van der Waals surface area contributed by atoms with Crippen LogP contribution in [0.1, 0.15) is 44.6 Å². The van der Waals surface area contributed by atoms with E-state index in [2.05, 4.69) is 30.4 Å². The normalized spacial score (nSPS) is 23.6. The van der Waals surface area contributed by atoms with Crippen LogP contribution in [-0.2, 0) is 11.3 Å². The largest absolute Gasteiger partial charge is 0.497 e. The van der Waals surface area contributed by atoms with Crippen molar-refractivity contribution in [1.82, 2.24) is 5.32 Å². The van der Waals surface area contributed by atoms with Gasteiger partial charge in [0, 0.05) is 12.1 Å². The van der Waals surface area contributed by atoms with Crippen LogP contribution in [0.25, 0.3) is 0 Å². The molecular formula is C23H37N3O2+2. The highest BCUT2D eigenvalue weighted by Crippen LogP contribution is 2.19. The van der Waals surface area contributed by atoms with Crippen molar-refractivity contribution in [2.75, 3.05) is 39.8 Å². The van der Waals surface area contributed by atoms with Crippen molar-refractivity contribution in [2.24, 2.45) is 0 Å². The van der Waals surface area contributed by atoms with Crippen LogP contribution >= 0.6 is 0 Å². The van der Waals surface area contributed by atoms with Crippen molar-refractivity contribution in [3.05, 3.63) is 41.5 Å². The number of quaternary nitrogens is 2. The number of hydrogen-bond donors (Lipinski definition) is 3. The van der Waals surface area contributed by atoms with Crippen LogP contribution in [0.3, 0.4) is 0 Å². The number of amides is 1. The van der Waals surface area contributed by atoms with E-state index in [1.807, 2.05) is 12.1 Å². The second kappa shape index (κ2) is 10.6. The summed E-state index contributed by atoms with van der Waals surface area (Å²) in [5.41, 5.74) is 2.88. The second-order valence-electron chi connectivity index (χ2n) is 8.30. The average Bonchev–Trinajstić information content (AvgIpc) is 2.75. The summed E-state index contributed by atoms with van der Waals surface area (Å²) in [7, 11) is 1.70. The molecule has 0 spiro atoms. The molecule has 1 atom stereocenters. The molecule has 1 aromatic carbocycles. The second-order valence-corrected chi connectivity index (χ2v) is 8.30. The Labute approximate surface area is 169 Å². The van der Waals surface area contributed by atoms with Gasteiger partial charge < -0.3 is 19.9 Å². The van der Waals surface area contributed by atoms with E-state index in [0.717, 1.165) is 51.4 Å². The number of carbonyl (C=O) groups excluding carboxylic acids is 1. The first kappa shape index (κ1) is 20.9. The summed E-state index contributed by atoms with van der Waals surface area (Å²) in [4.78, 5) is 15.6. The van der Waals surface area contributed by atoms with Gasteiger partial charge in [-0.25, -0.2) is 0 Å². The molecule has 1 fully saturated rings. The number of piperazine rings is 1. The fraction of sp³-hybridized carbons (Fsp3) is 0.609. The van der Waals surface area contributed by atoms with Crippen LogP contribution < -0.4 is 19.9 Å². The summed E-state index contributed by atoms with van der Waals surface area (Å²) < 4.78 is 5.23. The van der Waals surface area contributed by atoms with Crippen molar-refractivity contribution >= 4 is 5.91 Å². The highest BCUT2D eigenvalue weighted by Gasteiger charge is 2.30. The first-order valence-corrected chi connectivity index (χ1v) is 10.9. The predicted molar refractivity (Wildman–Crippen MR) is 112 cm³/mol. The maximum absolute atomic E-state index is 12.5. The zero-order valence-electron chi connectivity index (χ0n) is 17.6. The van der Waals surface area contributed by atoms with Gasteiger partial charge in [-0.2, -0.15) is 0 Å². The van der Waals surface area contributed by atoms with Gasteiger partial charge in [0.2, 0.25) is 0 Å². The van der Waals surface area contributed by atoms with Gasteiger partial charge in [0.15, 0.2) is 6.04 Å². The average molecular weight is 388 g/mol. The molecule has 1 heterocycles. The van der Waals surface area contributed by atoms with E-state index in [1.165, 1.54) is 41.7 Å². The van der Waals surface area contributed by atoms with Gasteiger partial charge in [-0.3, -0.25) is 4.79 Å². The lowest BCUT2D eigenvalue weighted by atomic mass is 9.97. The molecule has 3 N–H and O–H groups in total. The SMILES string of the molecule is COc1ccc(C[NH+]2CC[NH+]([C@H](C)C(=O)NCCC3=CCCCC3)CC2)cc1. The first-order valence-electron chi connectivity index (χ1n) is 10.9. The maximum atomic E-state index is 12.5. The zero-order chi connectivity index (χ0) is 19.8. The van der Waals surface area contributed by atoms with Gasteiger partial charge in [0.05, 0.1) is 7.11 Å². The molecule has 5 nitrogen and oxygen atoms in total. The zero-order valence-corrected chi connectivity index (χ0v) is 17.6. The van der Waals surface area contributed by atoms with E-state index in [1.54, 1.807) is 12.0 Å². The van der Waals surface area contributed by atoms with Crippen molar-refractivity contribution in [1.29, 1.82) is 0 Å². The van der Waals surface area contributed by atoms with Gasteiger partial charge >= 0.3 is 0 Å². The third kappa shape index (κ3) is 6.08. The Morgan fingerprint density at radius 3 is 2.54 bits per heavy atom. The number of rotatable bonds is 8. The Kier molecular flexibility index (Phi) is 7.92. The Morgan fingerprint density at radius 1 is 1.14 bits per heavy atom. The molecule has 1 aromatic rings. The summed E-state index contributed by atoms with van der Waals surface area (Å²) in [6.07, 6.45) is 8.46. The lowest BCUT2D eigenvalue weighted by molar-refractivity contribution is -1.02. The number of benzene rings is 1. The molecule has 3 rings (SSSR count). The molecule has 2 aliphatic rings. The van der Waals surface area contributed by atoms with Crippen LogP contribution in [-0.4, -0.2) is 51.8 Å². The Bertz CT molecular complexity index is 648. The monoisotopic (exact) mass is 387 g/mol. The molecule has 5 heteroatoms. The van der Waals surface area contributed by atoms with E-state index in [9.17, 15) is 4.79 Å². The minimum absolute atomic E-state index is 0.0443. The van der Waals surface area contributed by atoms with Crippen molar-refractivity contribution in [2.45, 2.75) is 51.6 Å². The highest BCUT2D eigenvalue weighted by molar-refractivity contribution is 5.79. The van der Waals surface area contributed by atoms with E-state index >= 15 is 0 Å². The van der Waals surface area contributed by atoms with Crippen molar-refractivity contribution in [3.8, 4) is 5.75 Å². The molecule has 0 unspecified atom stereocenters. The highest BCUT2D eigenvalue weighted by atomic mass is 16.5. The fourth-order valence-corrected chi connectivity index (χ4v) is 4.38. The third-order valence-corrected chi connectivity index (χ3v) is 6.35. The minimum atomic E-state index is 0.0443. The van der Waals surface area contributed by atoms with E-state index in [-0.39, 0.29) is 11.9 Å². The summed E-state index contributed by atoms with van der Waals surface area (Å²) in [5.74, 6) is 1.12. The number of hydrogen-bond acceptors (Lipinski definition) is 2. The summed E-state index contributed by atoms with van der Waals surface area (Å²) >= 11 is 0. The quantitative estimate of drug-likeness (QED) is 0.565. The maximum Gasteiger partial charge on any atom is 0.278 e. The lowest BCUT2D eigenvalue weighted by Gasteiger charge is -2.32. The predicted octanol–water partition coefficient (Wildman–Crippen LogP) is 0.374. The molecule has 154 valence electrons. The Morgan fingerprint density at radius 2 is 1.89 bits per heavy atom. The molecule has 1 amide bonds. The van der Waals surface area contributed by atoms with Gasteiger partial charge in [-0.15, -0.1) is 0 Å². The molecule has 0 bridgehead atoms. The van der Waals surface area contributed by atoms with Gasteiger partial charge in [-0.1, -0.05) is 11.6 Å². The smallest absolute Gasteiger partial charge is 0.278 e. The van der Waals surface area contributed by atoms with Gasteiger partial charge in [0.1, 0.15) is 38.5 Å². The molecule has 0 radical (unpaired) electrons. The summed E-state index contributed by atoms with van der Waals surface area (Å²) in [6, 6.07) is 8.42. The topological polar surface area (TPSA) is 47.2 Å². The summed E-state index contributed by atoms with van der Waals surface area (Å²) in [6.45, 7) is 8.28. The van der Waals surface area contributed by atoms with Crippen LogP contribution in [0.4, 0.5) is 0 Å². The lowest BCUT2D eigenvalue weighted by Crippen LogP contribution is -3.29. The molecule has 0 aromatic heterocycles. The molecule has 1 saturated heterocycles. The van der Waals surface area contributed by atoms with Gasteiger partial charge in [0.25, 0.3) is 5.91 Å². The van der Waals surface area contributed by atoms with Crippen LogP contribution in [0, 0.1) is 0 Å². The fourth-order valence-electron chi connectivity index (χ4n) is 4.38. The number of nitrogens with one attached hydrogen (secondary N) is 3. The van der Waals surface area contributed by atoms with Crippen LogP contribution in [0.15, 0.2) is 35.9 Å². The molecule has 0 saturated carbocycles. The van der Waals surface area contributed by atoms with E-state index < -0.39 is 0 Å². The Balaban J connectivity index is 1.37. The molecular weight excluding hydrogens is 350 g/mol. The number of allylic oxidation sites excluding steroid dienone is 1. The van der Waals surface area contributed by atoms with E-state index in [0.29, 0.717) is 0 Å². The Hall–Kier alpha value is -1.85. The van der Waals surface area contributed by atoms with Crippen molar-refractivity contribution in [3.63, 3.8) is 0 Å². The number of ether oxygens (including phenoxy) is 1. The minimum Gasteiger partial charge on any atom is -0.497 e. The van der Waals surface area contributed by atoms with E-state index in [4.69, 9.17) is 4.74 Å². The van der Waals surface area contributed by atoms with Crippen molar-refractivity contribution < 1.29 is 19.3 Å². The molecule has 1 aliphatic carbocycles. The molecule has 28 heavy (non-hydrogen) atoms. The first-order chi connectivity index (χ1) is 13.7. The van der Waals surface area contributed by atoms with Crippen LogP contribution in [0.2, 0.25) is 0 Å². The van der Waals surface area contributed by atoms with Crippen LogP contribution in [0.5, 0.6) is 5.75 Å². The number of methoxy groups -OCH3 is 1. The standard InChI is InChI=1S/C23H35N3O2/c1-19(23(27)24-13-12-20-6-4-3-5-7-20)26-16-14-25(15-17-26)18-21-8-10-22(28-2)11-9-21/h6,8-11,19H,3-5,7,12-18H2,1-2H3,(H,24,27)/p+2/t19-/m1/s1. The number of carbonyl (C=O) groups is 1.